The number of carbonyl (C=O) groups is 1. The lowest BCUT2D eigenvalue weighted by atomic mass is 10.3. The van der Waals surface area contributed by atoms with E-state index in [0.717, 1.165) is 10.4 Å². The largest absolute Gasteiger partial charge is 0.543 e. The molecule has 2 aromatic rings. The highest BCUT2D eigenvalue weighted by Gasteiger charge is 2.21. The van der Waals surface area contributed by atoms with Gasteiger partial charge in [0.2, 0.25) is 0 Å². The highest BCUT2D eigenvalue weighted by molar-refractivity contribution is 7.92. The van der Waals surface area contributed by atoms with Gasteiger partial charge in [-0.1, -0.05) is 11.6 Å². The Balaban J connectivity index is 2.43. The number of nitrogens with zero attached hydrogens (tertiary/aromatic N) is 2. The summed E-state index contributed by atoms with van der Waals surface area (Å²) < 4.78 is 25.8. The van der Waals surface area contributed by atoms with Crippen LogP contribution in [0.1, 0.15) is 10.5 Å². The van der Waals surface area contributed by atoms with Crippen LogP contribution in [-0.4, -0.2) is 26.4 Å². The lowest BCUT2D eigenvalue weighted by Crippen LogP contribution is -2.28. The first kappa shape index (κ1) is 15.3. The molecule has 0 radical (unpaired) electrons. The van der Waals surface area contributed by atoms with Crippen molar-refractivity contribution in [3.05, 3.63) is 53.3 Å². The van der Waals surface area contributed by atoms with E-state index >= 15 is 0 Å². The number of anilines is 1. The quantitative estimate of drug-likeness (QED) is 0.833. The predicted octanol–water partition coefficient (Wildman–Crippen LogP) is 0.924. The SMILES string of the molecule is CN(c1ccnc(C(=O)[O-])c1)S(=O)(=O)c1ccc(Cl)cc1. The van der Waals surface area contributed by atoms with Crippen molar-refractivity contribution < 1.29 is 18.3 Å². The topological polar surface area (TPSA) is 90.4 Å². The van der Waals surface area contributed by atoms with Crippen LogP contribution in [-0.2, 0) is 10.0 Å². The summed E-state index contributed by atoms with van der Waals surface area (Å²) in [6.07, 6.45) is 1.20. The van der Waals surface area contributed by atoms with Gasteiger partial charge in [0.25, 0.3) is 10.0 Å². The zero-order valence-corrected chi connectivity index (χ0v) is 12.4. The Morgan fingerprint density at radius 1 is 1.24 bits per heavy atom. The number of rotatable bonds is 4. The number of sulfonamides is 1. The number of halogens is 1. The predicted molar refractivity (Wildman–Crippen MR) is 75.6 cm³/mol. The molecular formula is C13H10ClN2O4S-. The van der Waals surface area contributed by atoms with Gasteiger partial charge < -0.3 is 9.90 Å². The second kappa shape index (κ2) is 5.71. The number of carbonyl (C=O) groups excluding carboxylic acids is 1. The summed E-state index contributed by atoms with van der Waals surface area (Å²) in [7, 11) is -2.50. The highest BCUT2D eigenvalue weighted by Crippen LogP contribution is 2.23. The molecule has 0 N–H and O–H groups in total. The average molecular weight is 326 g/mol. The Hall–Kier alpha value is -2.12. The zero-order chi connectivity index (χ0) is 15.6. The Morgan fingerprint density at radius 2 is 1.86 bits per heavy atom. The maximum atomic E-state index is 12.4. The molecule has 0 saturated carbocycles. The normalized spacial score (nSPS) is 11.1. The van der Waals surface area contributed by atoms with Crippen molar-refractivity contribution in [2.75, 3.05) is 11.4 Å². The summed E-state index contributed by atoms with van der Waals surface area (Å²) in [5.41, 5.74) is -0.176. The average Bonchev–Trinajstić information content (AvgIpc) is 2.47. The number of hydrogen-bond donors (Lipinski definition) is 0. The third-order valence-corrected chi connectivity index (χ3v) is 4.84. The molecule has 0 amide bonds. The van der Waals surface area contributed by atoms with Crippen molar-refractivity contribution in [2.24, 2.45) is 0 Å². The maximum absolute atomic E-state index is 12.4. The summed E-state index contributed by atoms with van der Waals surface area (Å²) >= 11 is 5.73. The van der Waals surface area contributed by atoms with Crippen LogP contribution >= 0.6 is 11.6 Å². The van der Waals surface area contributed by atoms with Crippen LogP contribution in [0.5, 0.6) is 0 Å². The Morgan fingerprint density at radius 3 is 2.43 bits per heavy atom. The number of hydrogen-bond acceptors (Lipinski definition) is 5. The van der Waals surface area contributed by atoms with Gasteiger partial charge >= 0.3 is 0 Å². The molecular weight excluding hydrogens is 316 g/mol. The van der Waals surface area contributed by atoms with Crippen molar-refractivity contribution in [2.45, 2.75) is 4.90 Å². The van der Waals surface area contributed by atoms with Crippen molar-refractivity contribution in [3.8, 4) is 0 Å². The smallest absolute Gasteiger partial charge is 0.264 e. The molecule has 0 aliphatic rings. The first-order chi connectivity index (χ1) is 9.82. The van der Waals surface area contributed by atoms with Crippen LogP contribution < -0.4 is 9.41 Å². The van der Waals surface area contributed by atoms with E-state index in [1.807, 2.05) is 0 Å². The molecule has 0 aliphatic carbocycles. The minimum absolute atomic E-state index is 0.0428. The van der Waals surface area contributed by atoms with Gasteiger partial charge in [-0.15, -0.1) is 0 Å². The number of aromatic carboxylic acids is 1. The standard InChI is InChI=1S/C13H11ClN2O4S/c1-16(10-6-7-15-12(8-10)13(17)18)21(19,20)11-4-2-9(14)3-5-11/h2-8H,1H3,(H,17,18)/p-1. The van der Waals surface area contributed by atoms with Crippen molar-refractivity contribution in [1.82, 2.24) is 4.98 Å². The van der Waals surface area contributed by atoms with Crippen LogP contribution in [0, 0.1) is 0 Å². The molecule has 0 spiro atoms. The molecule has 1 heterocycles. The minimum atomic E-state index is -3.82. The zero-order valence-electron chi connectivity index (χ0n) is 10.9. The molecule has 8 heteroatoms. The Kier molecular flexibility index (Phi) is 4.15. The van der Waals surface area contributed by atoms with Gasteiger partial charge in [0.05, 0.1) is 22.2 Å². The van der Waals surface area contributed by atoms with E-state index < -0.39 is 16.0 Å². The van der Waals surface area contributed by atoms with E-state index in [0.29, 0.717) is 5.02 Å². The molecule has 0 bridgehead atoms. The van der Waals surface area contributed by atoms with Gasteiger partial charge in [0, 0.05) is 18.3 Å². The molecule has 0 aliphatic heterocycles. The molecule has 110 valence electrons. The molecule has 0 saturated heterocycles. The summed E-state index contributed by atoms with van der Waals surface area (Å²) in [6.45, 7) is 0. The van der Waals surface area contributed by atoms with E-state index in [4.69, 9.17) is 11.6 Å². The summed E-state index contributed by atoms with van der Waals surface area (Å²) in [4.78, 5) is 14.4. The van der Waals surface area contributed by atoms with E-state index in [1.54, 1.807) is 0 Å². The highest BCUT2D eigenvalue weighted by atomic mass is 35.5. The van der Waals surface area contributed by atoms with Crippen LogP contribution in [0.3, 0.4) is 0 Å². The van der Waals surface area contributed by atoms with Crippen LogP contribution in [0.15, 0.2) is 47.5 Å². The molecule has 0 atom stereocenters. The van der Waals surface area contributed by atoms with Gasteiger partial charge in [-0.05, 0) is 36.4 Å². The number of benzene rings is 1. The Labute approximate surface area is 126 Å². The molecule has 21 heavy (non-hydrogen) atoms. The van der Waals surface area contributed by atoms with E-state index in [1.165, 1.54) is 43.6 Å². The fourth-order valence-corrected chi connectivity index (χ4v) is 2.94. The lowest BCUT2D eigenvalue weighted by Gasteiger charge is -2.20. The summed E-state index contributed by atoms with van der Waals surface area (Å²) in [5.74, 6) is -1.48. The van der Waals surface area contributed by atoms with Crippen LogP contribution in [0.4, 0.5) is 5.69 Å². The minimum Gasteiger partial charge on any atom is -0.543 e. The third-order valence-electron chi connectivity index (χ3n) is 2.79. The number of aromatic nitrogens is 1. The van der Waals surface area contributed by atoms with Crippen molar-refractivity contribution >= 4 is 33.3 Å². The van der Waals surface area contributed by atoms with Gasteiger partial charge in [0.15, 0.2) is 0 Å². The maximum Gasteiger partial charge on any atom is 0.264 e. The molecule has 1 aromatic heterocycles. The summed E-state index contributed by atoms with van der Waals surface area (Å²) in [5, 5.41) is 11.2. The van der Waals surface area contributed by atoms with Crippen molar-refractivity contribution in [3.63, 3.8) is 0 Å². The van der Waals surface area contributed by atoms with Gasteiger partial charge in [-0.3, -0.25) is 9.29 Å². The first-order valence-corrected chi connectivity index (χ1v) is 7.56. The molecule has 0 unspecified atom stereocenters. The number of carboxylic acids is 1. The third kappa shape index (κ3) is 3.14. The molecule has 1 aromatic carbocycles. The van der Waals surface area contributed by atoms with E-state index in [9.17, 15) is 18.3 Å². The van der Waals surface area contributed by atoms with Crippen molar-refractivity contribution in [1.29, 1.82) is 0 Å². The van der Waals surface area contributed by atoms with Gasteiger partial charge in [0.1, 0.15) is 0 Å². The van der Waals surface area contributed by atoms with Gasteiger partial charge in [-0.2, -0.15) is 0 Å². The summed E-state index contributed by atoms with van der Waals surface area (Å²) in [6, 6.07) is 8.18. The van der Waals surface area contributed by atoms with E-state index in [2.05, 4.69) is 4.98 Å². The number of pyridine rings is 1. The van der Waals surface area contributed by atoms with Gasteiger partial charge in [-0.25, -0.2) is 8.42 Å². The number of carboxylic acid groups (broad SMARTS) is 1. The first-order valence-electron chi connectivity index (χ1n) is 5.74. The van der Waals surface area contributed by atoms with Crippen LogP contribution in [0.2, 0.25) is 5.02 Å². The fourth-order valence-electron chi connectivity index (χ4n) is 1.63. The second-order valence-corrected chi connectivity index (χ2v) is 6.52. The lowest BCUT2D eigenvalue weighted by molar-refractivity contribution is -0.255. The molecule has 2 rings (SSSR count). The van der Waals surface area contributed by atoms with E-state index in [-0.39, 0.29) is 16.3 Å². The second-order valence-electron chi connectivity index (χ2n) is 4.11. The van der Waals surface area contributed by atoms with Crippen LogP contribution in [0.25, 0.3) is 0 Å². The Bertz CT molecular complexity index is 775. The molecule has 0 fully saturated rings. The molecule has 6 nitrogen and oxygen atoms in total. The fraction of sp³-hybridized carbons (Fsp3) is 0.0769. The monoisotopic (exact) mass is 325 g/mol.